The van der Waals surface area contributed by atoms with Crippen LogP contribution in [0.3, 0.4) is 0 Å². The Bertz CT molecular complexity index is 449. The maximum atomic E-state index is 4.80. The van der Waals surface area contributed by atoms with Crippen LogP contribution in [0.4, 0.5) is 0 Å². The molecule has 3 rings (SSSR count). The first kappa shape index (κ1) is 14.1. The lowest BCUT2D eigenvalue weighted by atomic mass is 9.98. The molecule has 1 N–H and O–H groups in total. The number of imidazole rings is 1. The summed E-state index contributed by atoms with van der Waals surface area (Å²) in [4.78, 5) is 4.80. The molecule has 0 aliphatic heterocycles. The van der Waals surface area contributed by atoms with Gasteiger partial charge in [-0.3, -0.25) is 0 Å². The molecule has 20 heavy (non-hydrogen) atoms. The van der Waals surface area contributed by atoms with Crippen LogP contribution >= 0.6 is 0 Å². The summed E-state index contributed by atoms with van der Waals surface area (Å²) < 4.78 is 2.52. The van der Waals surface area contributed by atoms with Crippen molar-refractivity contribution in [2.24, 2.45) is 5.92 Å². The lowest BCUT2D eigenvalue weighted by Gasteiger charge is -2.22. The second kappa shape index (κ2) is 6.30. The molecule has 1 saturated carbocycles. The Morgan fingerprint density at radius 3 is 2.90 bits per heavy atom. The summed E-state index contributed by atoms with van der Waals surface area (Å²) in [5.41, 5.74) is 2.94. The largest absolute Gasteiger partial charge is 0.332 e. The maximum Gasteiger partial charge on any atom is 0.106 e. The molecule has 112 valence electrons. The van der Waals surface area contributed by atoms with Crippen LogP contribution in [0.2, 0.25) is 0 Å². The van der Waals surface area contributed by atoms with Crippen LogP contribution in [0.25, 0.3) is 0 Å². The van der Waals surface area contributed by atoms with Crippen molar-refractivity contribution in [2.45, 2.75) is 77.8 Å². The summed E-state index contributed by atoms with van der Waals surface area (Å²) in [6.45, 7) is 6.71. The fraction of sp³-hybridized carbons (Fsp3) is 0.824. The second-order valence-corrected chi connectivity index (χ2v) is 6.55. The number of nitrogens with zero attached hydrogens (tertiary/aromatic N) is 2. The van der Waals surface area contributed by atoms with Gasteiger partial charge in [-0.1, -0.05) is 13.3 Å². The maximum absolute atomic E-state index is 4.80. The molecule has 0 aromatic carbocycles. The van der Waals surface area contributed by atoms with Crippen molar-refractivity contribution >= 4 is 0 Å². The van der Waals surface area contributed by atoms with Crippen molar-refractivity contribution in [3.63, 3.8) is 0 Å². The van der Waals surface area contributed by atoms with Gasteiger partial charge in [-0.2, -0.15) is 0 Å². The molecule has 1 heterocycles. The molecule has 3 heteroatoms. The molecule has 1 fully saturated rings. The Morgan fingerprint density at radius 2 is 2.05 bits per heavy atom. The molecule has 3 nitrogen and oxygen atoms in total. The van der Waals surface area contributed by atoms with Gasteiger partial charge in [0.1, 0.15) is 5.82 Å². The first-order valence-corrected chi connectivity index (χ1v) is 8.58. The molecule has 0 amide bonds. The van der Waals surface area contributed by atoms with Crippen molar-refractivity contribution in [1.29, 1.82) is 0 Å². The summed E-state index contributed by atoms with van der Waals surface area (Å²) in [5, 5.41) is 3.68. The van der Waals surface area contributed by atoms with E-state index in [4.69, 9.17) is 4.98 Å². The highest BCUT2D eigenvalue weighted by atomic mass is 15.1. The topological polar surface area (TPSA) is 29.9 Å². The van der Waals surface area contributed by atoms with Crippen LogP contribution in [0.1, 0.15) is 62.7 Å². The number of aromatic nitrogens is 2. The van der Waals surface area contributed by atoms with Gasteiger partial charge in [0.05, 0.1) is 5.69 Å². The highest BCUT2D eigenvalue weighted by molar-refractivity contribution is 5.19. The van der Waals surface area contributed by atoms with Gasteiger partial charge in [0.15, 0.2) is 0 Å². The first-order valence-electron chi connectivity index (χ1n) is 8.58. The zero-order chi connectivity index (χ0) is 13.9. The fourth-order valence-corrected chi connectivity index (χ4v) is 4.24. The molecule has 2 aliphatic carbocycles. The summed E-state index contributed by atoms with van der Waals surface area (Å²) in [6.07, 6.45) is 10.6. The molecule has 2 aliphatic rings. The quantitative estimate of drug-likeness (QED) is 0.894. The Kier molecular flexibility index (Phi) is 4.45. The predicted molar refractivity (Wildman–Crippen MR) is 83.0 cm³/mol. The van der Waals surface area contributed by atoms with Crippen LogP contribution < -0.4 is 5.32 Å². The third-order valence-electron chi connectivity index (χ3n) is 5.27. The Hall–Kier alpha value is -0.830. The zero-order valence-corrected chi connectivity index (χ0v) is 13.1. The van der Waals surface area contributed by atoms with Crippen LogP contribution in [0, 0.1) is 12.8 Å². The Balaban J connectivity index is 1.65. The zero-order valence-electron chi connectivity index (χ0n) is 13.1. The fourth-order valence-electron chi connectivity index (χ4n) is 4.24. The number of aryl methyl sites for hydroxylation is 2. The van der Waals surface area contributed by atoms with Crippen molar-refractivity contribution < 1.29 is 0 Å². The van der Waals surface area contributed by atoms with E-state index in [9.17, 15) is 0 Å². The van der Waals surface area contributed by atoms with Gasteiger partial charge in [0.25, 0.3) is 0 Å². The number of hydrogen-bond acceptors (Lipinski definition) is 2. The SMILES string of the molecule is CCNC1CCCC1CCn1c(C)nc2c1CCCC2. The molecule has 0 bridgehead atoms. The van der Waals surface area contributed by atoms with Crippen molar-refractivity contribution in [1.82, 2.24) is 14.9 Å². The molecule has 1 aromatic rings. The van der Waals surface area contributed by atoms with E-state index < -0.39 is 0 Å². The van der Waals surface area contributed by atoms with Crippen molar-refractivity contribution in [3.05, 3.63) is 17.2 Å². The Morgan fingerprint density at radius 1 is 1.20 bits per heavy atom. The second-order valence-electron chi connectivity index (χ2n) is 6.55. The van der Waals surface area contributed by atoms with Gasteiger partial charge in [0, 0.05) is 18.3 Å². The summed E-state index contributed by atoms with van der Waals surface area (Å²) in [5.74, 6) is 2.12. The molecule has 1 aromatic heterocycles. The smallest absolute Gasteiger partial charge is 0.106 e. The molecule has 2 atom stereocenters. The third-order valence-corrected chi connectivity index (χ3v) is 5.27. The van der Waals surface area contributed by atoms with Crippen LogP contribution in [0.5, 0.6) is 0 Å². The van der Waals surface area contributed by atoms with Gasteiger partial charge in [-0.05, 0) is 64.3 Å². The molecule has 0 radical (unpaired) electrons. The molecular weight excluding hydrogens is 246 g/mol. The molecular formula is C17H29N3. The lowest BCUT2D eigenvalue weighted by molar-refractivity contribution is 0.362. The minimum Gasteiger partial charge on any atom is -0.332 e. The standard InChI is InChI=1S/C17H29N3/c1-3-18-15-9-6-7-14(15)11-12-20-13(2)19-16-8-4-5-10-17(16)20/h14-15,18H,3-12H2,1-2H3. The van der Waals surface area contributed by atoms with Gasteiger partial charge in [-0.25, -0.2) is 4.98 Å². The Labute approximate surface area is 123 Å². The van der Waals surface area contributed by atoms with Gasteiger partial charge in [-0.15, -0.1) is 0 Å². The van der Waals surface area contributed by atoms with Crippen molar-refractivity contribution in [2.75, 3.05) is 6.54 Å². The molecule has 0 saturated heterocycles. The normalized spacial score (nSPS) is 25.9. The van der Waals surface area contributed by atoms with E-state index in [1.165, 1.54) is 69.4 Å². The monoisotopic (exact) mass is 275 g/mol. The van der Waals surface area contributed by atoms with Crippen LogP contribution in [0.15, 0.2) is 0 Å². The minimum atomic E-state index is 0.764. The summed E-state index contributed by atoms with van der Waals surface area (Å²) >= 11 is 0. The number of nitrogens with one attached hydrogen (secondary N) is 1. The average molecular weight is 275 g/mol. The molecule has 0 spiro atoms. The predicted octanol–water partition coefficient (Wildman–Crippen LogP) is 3.24. The number of fused-ring (bicyclic) bond motifs is 1. The van der Waals surface area contributed by atoms with E-state index >= 15 is 0 Å². The van der Waals surface area contributed by atoms with E-state index in [0.29, 0.717) is 0 Å². The minimum absolute atomic E-state index is 0.764. The van der Waals surface area contributed by atoms with E-state index in [1.807, 2.05) is 0 Å². The van der Waals surface area contributed by atoms with E-state index in [1.54, 1.807) is 5.69 Å². The number of hydrogen-bond donors (Lipinski definition) is 1. The average Bonchev–Trinajstić information content (AvgIpc) is 3.01. The molecule has 2 unspecified atom stereocenters. The number of rotatable bonds is 5. The van der Waals surface area contributed by atoms with Gasteiger partial charge >= 0.3 is 0 Å². The summed E-state index contributed by atoms with van der Waals surface area (Å²) in [6, 6.07) is 0.764. The van der Waals surface area contributed by atoms with Gasteiger partial charge < -0.3 is 9.88 Å². The highest BCUT2D eigenvalue weighted by Crippen LogP contribution is 2.30. The van der Waals surface area contributed by atoms with Gasteiger partial charge in [0.2, 0.25) is 0 Å². The lowest BCUT2D eigenvalue weighted by Crippen LogP contribution is -2.32. The van der Waals surface area contributed by atoms with E-state index in [2.05, 4.69) is 23.7 Å². The van der Waals surface area contributed by atoms with Crippen LogP contribution in [-0.2, 0) is 19.4 Å². The third kappa shape index (κ3) is 2.78. The first-order chi connectivity index (χ1) is 9.79. The van der Waals surface area contributed by atoms with Crippen molar-refractivity contribution in [3.8, 4) is 0 Å². The van der Waals surface area contributed by atoms with E-state index in [-0.39, 0.29) is 0 Å². The highest BCUT2D eigenvalue weighted by Gasteiger charge is 2.27. The van der Waals surface area contributed by atoms with Crippen LogP contribution in [-0.4, -0.2) is 22.1 Å². The van der Waals surface area contributed by atoms with E-state index in [0.717, 1.165) is 18.5 Å². The summed E-state index contributed by atoms with van der Waals surface area (Å²) in [7, 11) is 0.